The van der Waals surface area contributed by atoms with Gasteiger partial charge in [-0.25, -0.2) is 4.79 Å². The molecule has 0 bridgehead atoms. The van der Waals surface area contributed by atoms with Crippen LogP contribution in [0.2, 0.25) is 0 Å². The Morgan fingerprint density at radius 2 is 1.83 bits per heavy atom. The predicted molar refractivity (Wildman–Crippen MR) is 125 cm³/mol. The van der Waals surface area contributed by atoms with Crippen molar-refractivity contribution in [2.75, 3.05) is 11.9 Å². The molecular formula is C26H31N3O. The van der Waals surface area contributed by atoms with Gasteiger partial charge in [0.25, 0.3) is 0 Å². The number of carbonyl (C=O) groups is 1. The quantitative estimate of drug-likeness (QED) is 0.449. The summed E-state index contributed by atoms with van der Waals surface area (Å²) in [7, 11) is 0. The first kappa shape index (κ1) is 21.4. The van der Waals surface area contributed by atoms with E-state index >= 15 is 0 Å². The number of nitrogens with zero attached hydrogens (tertiary/aromatic N) is 2. The van der Waals surface area contributed by atoms with Gasteiger partial charge in [0.05, 0.1) is 6.54 Å². The van der Waals surface area contributed by atoms with Crippen molar-refractivity contribution in [1.29, 1.82) is 0 Å². The van der Waals surface area contributed by atoms with Gasteiger partial charge >= 0.3 is 6.03 Å². The van der Waals surface area contributed by atoms with Gasteiger partial charge in [0, 0.05) is 30.7 Å². The predicted octanol–water partition coefficient (Wildman–Crippen LogP) is 6.19. The SMILES string of the molecule is C=CCN(Cc1cccn1Cc1ccccc1C)C(=O)Nc1ccc(C(C)C)cc1. The van der Waals surface area contributed by atoms with Crippen LogP contribution in [0.25, 0.3) is 0 Å². The number of hydrogen-bond donors (Lipinski definition) is 1. The summed E-state index contributed by atoms with van der Waals surface area (Å²) in [6, 6.07) is 20.4. The highest BCUT2D eigenvalue weighted by Crippen LogP contribution is 2.18. The number of anilines is 1. The molecule has 156 valence electrons. The minimum atomic E-state index is -0.129. The number of carbonyl (C=O) groups excluding carboxylic acids is 1. The number of aryl methyl sites for hydroxylation is 1. The third-order valence-corrected chi connectivity index (χ3v) is 5.34. The van der Waals surface area contributed by atoms with Crippen LogP contribution >= 0.6 is 0 Å². The molecule has 1 heterocycles. The highest BCUT2D eigenvalue weighted by Gasteiger charge is 2.15. The van der Waals surface area contributed by atoms with Gasteiger partial charge in [-0.1, -0.05) is 56.3 Å². The number of urea groups is 1. The van der Waals surface area contributed by atoms with Crippen LogP contribution in [0.4, 0.5) is 10.5 Å². The molecule has 0 saturated heterocycles. The Hall–Kier alpha value is -3.27. The van der Waals surface area contributed by atoms with E-state index in [4.69, 9.17) is 0 Å². The Balaban J connectivity index is 1.71. The molecule has 0 atom stereocenters. The molecule has 3 rings (SSSR count). The van der Waals surface area contributed by atoms with Gasteiger partial charge in [-0.2, -0.15) is 0 Å². The Morgan fingerprint density at radius 3 is 2.50 bits per heavy atom. The van der Waals surface area contributed by atoms with Gasteiger partial charge in [-0.05, 0) is 53.8 Å². The van der Waals surface area contributed by atoms with E-state index in [9.17, 15) is 4.79 Å². The standard InChI is InChI=1S/C26H31N3O/c1-5-16-29(26(30)27-24-14-12-22(13-15-24)20(2)3)19-25-11-8-17-28(25)18-23-10-7-6-9-21(23)4/h5-15,17,20H,1,16,18-19H2,2-4H3,(H,27,30). The first-order chi connectivity index (χ1) is 14.5. The normalized spacial score (nSPS) is 10.8. The van der Waals surface area contributed by atoms with E-state index in [1.165, 1.54) is 16.7 Å². The van der Waals surface area contributed by atoms with Gasteiger partial charge in [-0.15, -0.1) is 6.58 Å². The second kappa shape index (κ2) is 9.97. The molecule has 2 aromatic carbocycles. The van der Waals surface area contributed by atoms with Crippen molar-refractivity contribution in [2.45, 2.75) is 39.8 Å². The van der Waals surface area contributed by atoms with Crippen molar-refractivity contribution in [3.63, 3.8) is 0 Å². The molecule has 30 heavy (non-hydrogen) atoms. The lowest BCUT2D eigenvalue weighted by Crippen LogP contribution is -2.35. The van der Waals surface area contributed by atoms with Crippen LogP contribution in [-0.2, 0) is 13.1 Å². The summed E-state index contributed by atoms with van der Waals surface area (Å²) in [5.74, 6) is 0.466. The molecule has 0 aliphatic rings. The lowest BCUT2D eigenvalue weighted by molar-refractivity contribution is 0.214. The Morgan fingerprint density at radius 1 is 1.10 bits per heavy atom. The Labute approximate surface area is 179 Å². The highest BCUT2D eigenvalue weighted by atomic mass is 16.2. The average Bonchev–Trinajstić information content (AvgIpc) is 3.16. The maximum Gasteiger partial charge on any atom is 0.322 e. The highest BCUT2D eigenvalue weighted by molar-refractivity contribution is 5.89. The summed E-state index contributed by atoms with van der Waals surface area (Å²) in [6.07, 6.45) is 3.83. The van der Waals surface area contributed by atoms with E-state index in [1.54, 1.807) is 11.0 Å². The van der Waals surface area contributed by atoms with Gasteiger partial charge in [0.15, 0.2) is 0 Å². The zero-order valence-corrected chi connectivity index (χ0v) is 18.1. The molecule has 0 saturated carbocycles. The summed E-state index contributed by atoms with van der Waals surface area (Å²) in [6.45, 7) is 12.0. The van der Waals surface area contributed by atoms with Crippen molar-refractivity contribution >= 4 is 11.7 Å². The van der Waals surface area contributed by atoms with Crippen LogP contribution < -0.4 is 5.32 Å². The number of hydrogen-bond acceptors (Lipinski definition) is 1. The zero-order chi connectivity index (χ0) is 21.5. The zero-order valence-electron chi connectivity index (χ0n) is 18.1. The molecule has 4 heteroatoms. The minimum absolute atomic E-state index is 0.129. The molecule has 1 N–H and O–H groups in total. The number of rotatable bonds is 8. The molecular weight excluding hydrogens is 370 g/mol. The van der Waals surface area contributed by atoms with Crippen LogP contribution in [0.3, 0.4) is 0 Å². The Kier molecular flexibility index (Phi) is 7.12. The first-order valence-corrected chi connectivity index (χ1v) is 10.4. The van der Waals surface area contributed by atoms with Crippen LogP contribution in [0.15, 0.2) is 79.5 Å². The van der Waals surface area contributed by atoms with Gasteiger partial charge in [0.2, 0.25) is 0 Å². The number of nitrogens with one attached hydrogen (secondary N) is 1. The average molecular weight is 402 g/mol. The molecule has 3 aromatic rings. The number of aromatic nitrogens is 1. The number of amides is 2. The molecule has 0 aliphatic carbocycles. The van der Waals surface area contributed by atoms with E-state index in [0.717, 1.165) is 17.9 Å². The third kappa shape index (κ3) is 5.41. The molecule has 0 aliphatic heterocycles. The van der Waals surface area contributed by atoms with Crippen molar-refractivity contribution < 1.29 is 4.79 Å². The fraction of sp³-hybridized carbons (Fsp3) is 0.269. The van der Waals surface area contributed by atoms with Gasteiger partial charge in [0.1, 0.15) is 0 Å². The van der Waals surface area contributed by atoms with Crippen molar-refractivity contribution in [2.24, 2.45) is 0 Å². The third-order valence-electron chi connectivity index (χ3n) is 5.34. The summed E-state index contributed by atoms with van der Waals surface area (Å²) in [5.41, 5.74) is 5.69. The molecule has 4 nitrogen and oxygen atoms in total. The van der Waals surface area contributed by atoms with Crippen LogP contribution in [0.5, 0.6) is 0 Å². The maximum absolute atomic E-state index is 12.9. The van der Waals surface area contributed by atoms with Gasteiger partial charge in [-0.3, -0.25) is 0 Å². The molecule has 0 spiro atoms. The van der Waals surface area contributed by atoms with E-state index < -0.39 is 0 Å². The number of benzene rings is 2. The lowest BCUT2D eigenvalue weighted by Gasteiger charge is -2.23. The van der Waals surface area contributed by atoms with E-state index in [2.05, 4.69) is 85.9 Å². The Bertz CT molecular complexity index is 986. The summed E-state index contributed by atoms with van der Waals surface area (Å²) in [5, 5.41) is 3.01. The van der Waals surface area contributed by atoms with Crippen molar-refractivity contribution in [3.05, 3.63) is 102 Å². The first-order valence-electron chi connectivity index (χ1n) is 10.4. The largest absolute Gasteiger partial charge is 0.345 e. The van der Waals surface area contributed by atoms with Crippen LogP contribution in [-0.4, -0.2) is 22.0 Å². The van der Waals surface area contributed by atoms with Crippen molar-refractivity contribution in [1.82, 2.24) is 9.47 Å². The fourth-order valence-electron chi connectivity index (χ4n) is 3.44. The maximum atomic E-state index is 12.9. The molecule has 0 fully saturated rings. The minimum Gasteiger partial charge on any atom is -0.345 e. The van der Waals surface area contributed by atoms with E-state index in [0.29, 0.717) is 19.0 Å². The van der Waals surface area contributed by atoms with Crippen molar-refractivity contribution in [3.8, 4) is 0 Å². The monoisotopic (exact) mass is 401 g/mol. The summed E-state index contributed by atoms with van der Waals surface area (Å²) >= 11 is 0. The second-order valence-corrected chi connectivity index (χ2v) is 7.93. The van der Waals surface area contributed by atoms with E-state index in [1.807, 2.05) is 18.2 Å². The molecule has 0 radical (unpaired) electrons. The smallest absolute Gasteiger partial charge is 0.322 e. The van der Waals surface area contributed by atoms with Crippen LogP contribution in [0, 0.1) is 6.92 Å². The van der Waals surface area contributed by atoms with Crippen LogP contribution in [0.1, 0.15) is 42.1 Å². The lowest BCUT2D eigenvalue weighted by atomic mass is 10.0. The fourth-order valence-corrected chi connectivity index (χ4v) is 3.44. The van der Waals surface area contributed by atoms with E-state index in [-0.39, 0.29) is 6.03 Å². The summed E-state index contributed by atoms with van der Waals surface area (Å²) < 4.78 is 2.20. The second-order valence-electron chi connectivity index (χ2n) is 7.93. The molecule has 0 unspecified atom stereocenters. The molecule has 2 amide bonds. The van der Waals surface area contributed by atoms with Gasteiger partial charge < -0.3 is 14.8 Å². The topological polar surface area (TPSA) is 37.3 Å². The summed E-state index contributed by atoms with van der Waals surface area (Å²) in [4.78, 5) is 14.7. The molecule has 1 aromatic heterocycles.